The molecule has 4 nitrogen and oxygen atoms in total. The summed E-state index contributed by atoms with van der Waals surface area (Å²) < 4.78 is 11.3. The minimum absolute atomic E-state index is 0.0106. The number of hydrogen-bond acceptors (Lipinski definition) is 4. The van der Waals surface area contributed by atoms with E-state index >= 15 is 0 Å². The minimum Gasteiger partial charge on any atom is -0.491 e. The van der Waals surface area contributed by atoms with Crippen LogP contribution in [0.5, 0.6) is 11.5 Å². The highest BCUT2D eigenvalue weighted by atomic mass is 16.5. The highest BCUT2D eigenvalue weighted by molar-refractivity contribution is 6.58. The highest BCUT2D eigenvalue weighted by Gasteiger charge is 2.13. The second-order valence-corrected chi connectivity index (χ2v) is 6.44. The van der Waals surface area contributed by atoms with Gasteiger partial charge in [0, 0.05) is 0 Å². The summed E-state index contributed by atoms with van der Waals surface area (Å²) in [6, 6.07) is 13.1. The maximum absolute atomic E-state index is 9.46. The zero-order valence-corrected chi connectivity index (χ0v) is 15.1. The van der Waals surface area contributed by atoms with E-state index < -0.39 is 7.12 Å². The summed E-state index contributed by atoms with van der Waals surface area (Å²) in [5.41, 5.74) is 2.26. The van der Waals surface area contributed by atoms with E-state index in [-0.39, 0.29) is 12.2 Å². The molecule has 0 fully saturated rings. The fourth-order valence-corrected chi connectivity index (χ4v) is 2.35. The maximum Gasteiger partial charge on any atom is 0.488 e. The molecule has 0 bridgehead atoms. The van der Waals surface area contributed by atoms with Crippen molar-refractivity contribution < 1.29 is 19.5 Å². The fourth-order valence-electron chi connectivity index (χ4n) is 2.35. The van der Waals surface area contributed by atoms with E-state index in [0.29, 0.717) is 11.2 Å². The van der Waals surface area contributed by atoms with E-state index in [1.807, 2.05) is 70.2 Å². The van der Waals surface area contributed by atoms with Crippen LogP contribution in [0.2, 0.25) is 0 Å². The third kappa shape index (κ3) is 6.29. The molecule has 0 unspecified atom stereocenters. The smallest absolute Gasteiger partial charge is 0.488 e. The van der Waals surface area contributed by atoms with Gasteiger partial charge >= 0.3 is 7.12 Å². The minimum atomic E-state index is -1.53. The Hall–Kier alpha value is -2.24. The van der Waals surface area contributed by atoms with Gasteiger partial charge in [0.05, 0.1) is 12.2 Å². The average Bonchev–Trinajstić information content (AvgIpc) is 2.53. The van der Waals surface area contributed by atoms with E-state index in [4.69, 9.17) is 9.47 Å². The van der Waals surface area contributed by atoms with E-state index in [1.165, 1.54) is 0 Å². The molecule has 0 saturated carbocycles. The summed E-state index contributed by atoms with van der Waals surface area (Å²) in [6.07, 6.45) is 4.03. The molecule has 2 aromatic carbocycles. The lowest BCUT2D eigenvalue weighted by atomic mass is 9.79. The first-order valence-electron chi connectivity index (χ1n) is 8.46. The van der Waals surface area contributed by atoms with Crippen molar-refractivity contribution in [3.63, 3.8) is 0 Å². The van der Waals surface area contributed by atoms with Crippen molar-refractivity contribution in [1.82, 2.24) is 0 Å². The van der Waals surface area contributed by atoms with Crippen LogP contribution in [0.4, 0.5) is 0 Å². The largest absolute Gasteiger partial charge is 0.491 e. The Balaban J connectivity index is 2.20. The zero-order valence-electron chi connectivity index (χ0n) is 15.1. The number of hydrogen-bond donors (Lipinski definition) is 2. The molecule has 0 aliphatic heterocycles. The van der Waals surface area contributed by atoms with Gasteiger partial charge in [-0.2, -0.15) is 0 Å². The number of rotatable bonds is 7. The second kappa shape index (κ2) is 8.74. The van der Waals surface area contributed by atoms with Crippen LogP contribution in [0, 0.1) is 0 Å². The van der Waals surface area contributed by atoms with Gasteiger partial charge in [-0.05, 0) is 68.6 Å². The quantitative estimate of drug-likeness (QED) is 0.601. The first kappa shape index (κ1) is 19.1. The van der Waals surface area contributed by atoms with Crippen molar-refractivity contribution in [3.05, 3.63) is 53.6 Å². The Bertz CT molecular complexity index is 706. The third-order valence-corrected chi connectivity index (χ3v) is 3.34. The van der Waals surface area contributed by atoms with Crippen LogP contribution >= 0.6 is 0 Å². The highest BCUT2D eigenvalue weighted by Crippen LogP contribution is 2.18. The van der Waals surface area contributed by atoms with Crippen molar-refractivity contribution in [2.75, 3.05) is 0 Å². The number of benzene rings is 2. The Kier molecular flexibility index (Phi) is 6.68. The Morgan fingerprint density at radius 1 is 0.760 bits per heavy atom. The first-order valence-corrected chi connectivity index (χ1v) is 8.46. The molecule has 2 aromatic rings. The van der Waals surface area contributed by atoms with E-state index in [9.17, 15) is 10.0 Å². The van der Waals surface area contributed by atoms with Crippen molar-refractivity contribution >= 4 is 24.7 Å². The molecule has 0 saturated heterocycles. The standard InChI is InChI=1S/C20H25BO4/c1-14(2)24-19-9-7-16(8-10-19)5-6-17-11-18(21(22)23)13-20(12-17)25-15(3)4/h5-15,22-23H,1-4H3/b6-5+. The molecule has 0 aliphatic rings. The Labute approximate surface area is 149 Å². The SMILES string of the molecule is CC(C)Oc1ccc(/C=C/c2cc(OC(C)C)cc(B(O)O)c2)cc1. The summed E-state index contributed by atoms with van der Waals surface area (Å²) in [7, 11) is -1.53. The van der Waals surface area contributed by atoms with Gasteiger partial charge < -0.3 is 19.5 Å². The van der Waals surface area contributed by atoms with Crippen LogP contribution in [0.3, 0.4) is 0 Å². The van der Waals surface area contributed by atoms with Crippen LogP contribution in [0.1, 0.15) is 38.8 Å². The van der Waals surface area contributed by atoms with Crippen molar-refractivity contribution in [2.24, 2.45) is 0 Å². The van der Waals surface area contributed by atoms with Crippen molar-refractivity contribution in [2.45, 2.75) is 39.9 Å². The van der Waals surface area contributed by atoms with Crippen LogP contribution in [0.15, 0.2) is 42.5 Å². The molecule has 132 valence electrons. The number of ether oxygens (including phenoxy) is 2. The summed E-state index contributed by atoms with van der Waals surface area (Å²) >= 11 is 0. The zero-order chi connectivity index (χ0) is 18.4. The molecule has 25 heavy (non-hydrogen) atoms. The normalized spacial score (nSPS) is 11.4. The summed E-state index contributed by atoms with van der Waals surface area (Å²) in [4.78, 5) is 0. The Morgan fingerprint density at radius 2 is 1.32 bits per heavy atom. The molecule has 0 amide bonds. The van der Waals surface area contributed by atoms with Gasteiger partial charge in [-0.15, -0.1) is 0 Å². The van der Waals surface area contributed by atoms with Gasteiger partial charge in [0.25, 0.3) is 0 Å². The van der Waals surface area contributed by atoms with Crippen LogP contribution in [-0.2, 0) is 0 Å². The van der Waals surface area contributed by atoms with Gasteiger partial charge in [-0.25, -0.2) is 0 Å². The molecule has 0 aliphatic carbocycles. The van der Waals surface area contributed by atoms with E-state index in [2.05, 4.69) is 0 Å². The molecule has 0 atom stereocenters. The lowest BCUT2D eigenvalue weighted by molar-refractivity contribution is 0.242. The molecule has 0 spiro atoms. The summed E-state index contributed by atoms with van der Waals surface area (Å²) in [5, 5.41) is 18.9. The second-order valence-electron chi connectivity index (χ2n) is 6.44. The molecule has 0 aromatic heterocycles. The molecule has 2 rings (SSSR count). The molecule has 2 N–H and O–H groups in total. The van der Waals surface area contributed by atoms with Gasteiger partial charge in [0.15, 0.2) is 0 Å². The van der Waals surface area contributed by atoms with Gasteiger partial charge in [-0.3, -0.25) is 0 Å². The third-order valence-electron chi connectivity index (χ3n) is 3.34. The van der Waals surface area contributed by atoms with Crippen molar-refractivity contribution in [3.8, 4) is 11.5 Å². The van der Waals surface area contributed by atoms with Crippen LogP contribution in [-0.4, -0.2) is 29.4 Å². The predicted octanol–water partition coefficient (Wildman–Crippen LogP) is 3.11. The summed E-state index contributed by atoms with van der Waals surface area (Å²) in [5.74, 6) is 1.45. The average molecular weight is 340 g/mol. The predicted molar refractivity (Wildman–Crippen MR) is 103 cm³/mol. The maximum atomic E-state index is 9.46. The van der Waals surface area contributed by atoms with E-state index in [1.54, 1.807) is 12.1 Å². The summed E-state index contributed by atoms with van der Waals surface area (Å²) in [6.45, 7) is 7.84. The van der Waals surface area contributed by atoms with E-state index in [0.717, 1.165) is 16.9 Å². The molecule has 0 radical (unpaired) electrons. The lowest BCUT2D eigenvalue weighted by Crippen LogP contribution is -2.30. The molecular formula is C20H25BO4. The topological polar surface area (TPSA) is 58.9 Å². The first-order chi connectivity index (χ1) is 11.8. The van der Waals surface area contributed by atoms with Crippen molar-refractivity contribution in [1.29, 1.82) is 0 Å². The monoisotopic (exact) mass is 340 g/mol. The lowest BCUT2D eigenvalue weighted by Gasteiger charge is -2.12. The molecule has 5 heteroatoms. The van der Waals surface area contributed by atoms with Crippen LogP contribution < -0.4 is 14.9 Å². The Morgan fingerprint density at radius 3 is 1.88 bits per heavy atom. The van der Waals surface area contributed by atoms with Gasteiger partial charge in [-0.1, -0.05) is 30.4 Å². The molecular weight excluding hydrogens is 315 g/mol. The molecule has 0 heterocycles. The van der Waals surface area contributed by atoms with Gasteiger partial charge in [0.1, 0.15) is 11.5 Å². The van der Waals surface area contributed by atoms with Gasteiger partial charge in [0.2, 0.25) is 0 Å². The fraction of sp³-hybridized carbons (Fsp3) is 0.300. The van der Waals surface area contributed by atoms with Crippen LogP contribution in [0.25, 0.3) is 12.2 Å².